The number of rotatable bonds is 6. The van der Waals surface area contributed by atoms with Gasteiger partial charge >= 0.3 is 34.1 Å². The molecule has 26 heteroatoms. The zero-order valence-electron chi connectivity index (χ0n) is 57.4. The number of hydrogen-bond acceptors (Lipinski definition) is 18. The quantitative estimate of drug-likeness (QED) is 0.0676. The molecule has 3 N–H and O–H groups in total. The number of nitrogens with zero attached hydrogens (tertiary/aromatic N) is 6. The number of para-hydroxylation sites is 3. The number of benzene rings is 3. The highest BCUT2D eigenvalue weighted by atomic mass is 35.5. The molecule has 6 aromatic heterocycles. The molecule has 22 nitrogen and oxygen atoms in total. The average Bonchev–Trinajstić information content (AvgIpc) is 1.69. The molecule has 16 rings (SSSR count). The van der Waals surface area contributed by atoms with Crippen LogP contribution in [-0.2, 0) is 88.7 Å². The molecule has 3 aromatic carbocycles. The minimum Gasteiger partial charge on any atom is -0.460 e. The first-order chi connectivity index (χ1) is 48.3. The minimum absolute atomic E-state index is 0. The van der Waals surface area contributed by atoms with E-state index in [1.54, 1.807) is 39.7 Å². The molecule has 0 radical (unpaired) electrons. The van der Waals surface area contributed by atoms with Crippen LogP contribution in [0, 0.1) is 0 Å². The van der Waals surface area contributed by atoms with Gasteiger partial charge in [0.15, 0.2) is 0 Å². The average molecular weight is 1400 g/mol. The highest BCUT2D eigenvalue weighted by Crippen LogP contribution is 2.44. The summed E-state index contributed by atoms with van der Waals surface area (Å²) < 4.78 is 55.7. The maximum absolute atomic E-state index is 13.5. The Hall–Kier alpha value is -9.18. The molecule has 1 saturated carbocycles. The number of esters is 3. The minimum atomic E-state index is -1.75. The van der Waals surface area contributed by atoms with Crippen molar-refractivity contribution < 1.29 is 57.9 Å². The molecule has 1 fully saturated rings. The number of carbonyl (C=O) groups excluding carboxylic acids is 6. The van der Waals surface area contributed by atoms with E-state index in [-0.39, 0.29) is 79.9 Å². The maximum Gasteiger partial charge on any atom is 0.408 e. The number of ether oxygens (including phenoxy) is 5. The fraction of sp³-hybridized carbons (Fsp3) is 0.324. The SMILES string of the molecule is CC[C@@]1(OC(=O)Cl)C(=O)OCc2c1cc1n(c2=O)Cc2cc3ccccc3nc2-1.CC[C@@]1(OC(=O)NC2CCC2)C(=O)OCc2c1cc1n(c2=O)Cc2cc3ccccc3nc2-1.CC[C@H]1C(=O)OCc2c1cc1n(c2=O)Cc2cc3ccccc3nc2-1.O=C(Cl)Cl.[2H]C.[2H]C([3H])(C)P.[2H]CN. The molecule has 7 aliphatic rings. The number of alkyl carbamates (subject to hydrolysis) is 1. The van der Waals surface area contributed by atoms with Crippen LogP contribution in [0.3, 0.4) is 0 Å². The molecule has 6 aliphatic heterocycles. The molecule has 0 saturated heterocycles. The molecule has 12 heterocycles. The van der Waals surface area contributed by atoms with Gasteiger partial charge in [0.25, 0.3) is 16.7 Å². The zero-order chi connectivity index (χ0) is 73.0. The topological polar surface area (TPSA) is 291 Å². The second-order valence-corrected chi connectivity index (χ2v) is 24.9. The fourth-order valence-electron chi connectivity index (χ4n) is 13.2. The Morgan fingerprint density at radius 3 is 1.39 bits per heavy atom. The number of nitrogens with two attached hydrogens (primary N) is 1. The van der Waals surface area contributed by atoms with Crippen LogP contribution in [0.4, 0.5) is 14.4 Å². The summed E-state index contributed by atoms with van der Waals surface area (Å²) in [4.78, 5) is 125. The van der Waals surface area contributed by atoms with Gasteiger partial charge < -0.3 is 48.4 Å². The number of aromatic nitrogens is 6. The summed E-state index contributed by atoms with van der Waals surface area (Å²) in [6, 6.07) is 35.1. The third-order valence-corrected chi connectivity index (χ3v) is 18.0. The van der Waals surface area contributed by atoms with Crippen molar-refractivity contribution in [2.45, 2.75) is 136 Å². The smallest absolute Gasteiger partial charge is 0.408 e. The van der Waals surface area contributed by atoms with E-state index in [4.69, 9.17) is 60.5 Å². The summed E-state index contributed by atoms with van der Waals surface area (Å²) in [5.74, 6) is -2.01. The van der Waals surface area contributed by atoms with E-state index >= 15 is 0 Å². The largest absolute Gasteiger partial charge is 0.460 e. The van der Waals surface area contributed by atoms with Crippen LogP contribution in [0.1, 0.15) is 135 Å². The summed E-state index contributed by atoms with van der Waals surface area (Å²) in [6.45, 7) is 7.85. The second kappa shape index (κ2) is 29.3. The van der Waals surface area contributed by atoms with Gasteiger partial charge in [-0.1, -0.05) is 89.7 Å². The van der Waals surface area contributed by atoms with Crippen molar-refractivity contribution >= 4 is 111 Å². The van der Waals surface area contributed by atoms with Gasteiger partial charge in [-0.2, -0.15) is 0 Å². The van der Waals surface area contributed by atoms with Gasteiger partial charge in [-0.3, -0.25) is 24.0 Å². The molecule has 1 amide bonds. The van der Waals surface area contributed by atoms with Crippen molar-refractivity contribution in [1.29, 1.82) is 0 Å². The van der Waals surface area contributed by atoms with E-state index in [0.29, 0.717) is 71.1 Å². The Labute approximate surface area is 579 Å². The second-order valence-electron chi connectivity index (χ2n) is 23.1. The van der Waals surface area contributed by atoms with Crippen LogP contribution < -0.4 is 27.7 Å². The fourth-order valence-corrected chi connectivity index (χ4v) is 13.3. The standard InChI is InChI=1S/C25H23N3O5.C21H15ClN2O5.C20H16N2O3.C2H7P.CCl2O.CH5N.CH4/c1-2-25(33-24(31)26-16-7-5-8-16)18-11-20-21-15(10-14-6-3-4-9-19(14)27-21)12-28(20)22(29)17(18)13-32-23(25)30;1-2-21(29-20(22)27)14-8-16-17-12(7-11-5-3-4-6-15(11)23-17)9-24(16)18(25)13(14)10-28-19(21)26;1-2-13-14-8-17-18-12(7-11-5-3-4-6-16(11)21-18)9-22(17)19(23)15(14)10-25-20(13)24;1-2-3;2-1(3)4;1-2;/h3-4,6,9-11,16H,2,5,7-8,12-13H2,1H3,(H,26,31);3-8H,2,9-10H2,1H3;3-8,13H,2,9-10H2,1H3;2-3H2,1H3;;2H2,1H3;1H4/t25-;21-;13-;;;;/m001..../s1/i;;;2TD;;2*1D. The lowest BCUT2D eigenvalue weighted by molar-refractivity contribution is -0.172. The number of pyridine rings is 6. The van der Waals surface area contributed by atoms with Crippen molar-refractivity contribution in [1.82, 2.24) is 34.0 Å². The number of cyclic esters (lactones) is 3. The third-order valence-electron chi connectivity index (χ3n) is 18.0. The highest BCUT2D eigenvalue weighted by Gasteiger charge is 2.52. The number of amides is 1. The molecule has 9 aromatic rings. The molecule has 1 aliphatic carbocycles. The van der Waals surface area contributed by atoms with Gasteiger partial charge in [0.2, 0.25) is 11.2 Å². The molecular weight excluding hydrogens is 1330 g/mol. The molecule has 2 unspecified atom stereocenters. The Morgan fingerprint density at radius 1 is 0.649 bits per heavy atom. The van der Waals surface area contributed by atoms with Crippen LogP contribution in [0.25, 0.3) is 66.9 Å². The van der Waals surface area contributed by atoms with Crippen molar-refractivity contribution in [2.24, 2.45) is 5.73 Å². The lowest BCUT2D eigenvalue weighted by Crippen LogP contribution is -2.50. The zero-order valence-corrected chi connectivity index (χ0v) is 56.8. The summed E-state index contributed by atoms with van der Waals surface area (Å²) in [7, 11) is 3.30. The van der Waals surface area contributed by atoms with E-state index in [9.17, 15) is 38.4 Å². The van der Waals surface area contributed by atoms with Crippen LogP contribution in [-0.4, -0.2) is 82.0 Å². The number of fused-ring (bicyclic) bond motifs is 15. The molecule has 5 atom stereocenters. The van der Waals surface area contributed by atoms with Crippen LogP contribution in [0.15, 0.2) is 124 Å². The molecule has 0 bridgehead atoms. The maximum atomic E-state index is 13.5. The van der Waals surface area contributed by atoms with Gasteiger partial charge in [0.1, 0.15) is 19.8 Å². The molecule has 0 spiro atoms. The Bertz CT molecular complexity index is 5000. The van der Waals surface area contributed by atoms with E-state index in [1.165, 1.54) is 14.3 Å². The molecule has 97 heavy (non-hydrogen) atoms. The van der Waals surface area contributed by atoms with Gasteiger partial charge in [-0.15, -0.1) is 9.24 Å². The number of nitrogens with one attached hydrogen (secondary N) is 1. The van der Waals surface area contributed by atoms with E-state index in [2.05, 4.69) is 40.3 Å². The summed E-state index contributed by atoms with van der Waals surface area (Å²) in [5.41, 5.74) is 11.7. The summed E-state index contributed by atoms with van der Waals surface area (Å²) in [5, 5.41) is 5.86. The van der Waals surface area contributed by atoms with Gasteiger partial charge in [0, 0.05) is 67.1 Å². The van der Waals surface area contributed by atoms with Gasteiger partial charge in [-0.05, 0) is 135 Å². The van der Waals surface area contributed by atoms with Crippen molar-refractivity contribution in [3.63, 3.8) is 0 Å². The predicted molar refractivity (Wildman–Crippen MR) is 372 cm³/mol. The van der Waals surface area contributed by atoms with E-state index < -0.39 is 45.5 Å². The number of hydrogen-bond donors (Lipinski definition) is 2. The third kappa shape index (κ3) is 13.0. The Morgan fingerprint density at radius 2 is 1.02 bits per heavy atom. The monoisotopic (exact) mass is 1400 g/mol. The van der Waals surface area contributed by atoms with Crippen LogP contribution in [0.2, 0.25) is 0 Å². The van der Waals surface area contributed by atoms with Gasteiger partial charge in [0.05, 0.1) is 93.0 Å². The lowest BCUT2D eigenvalue weighted by Gasteiger charge is -2.36. The first kappa shape index (κ1) is 65.1. The van der Waals surface area contributed by atoms with Gasteiger partial charge in [-0.25, -0.2) is 34.1 Å². The first-order valence-corrected chi connectivity index (χ1v) is 32.5. The molecule has 504 valence electrons. The van der Waals surface area contributed by atoms with E-state index in [0.717, 1.165) is 85.6 Å². The highest BCUT2D eigenvalue weighted by molar-refractivity contribution is 7.16. The first-order valence-electron chi connectivity index (χ1n) is 33.5. The van der Waals surface area contributed by atoms with Crippen molar-refractivity contribution in [3.8, 4) is 34.2 Å². The predicted octanol–water partition coefficient (Wildman–Crippen LogP) is 12.5. The Balaban J connectivity index is 0.000000150. The number of halogens is 3. The lowest BCUT2D eigenvalue weighted by atomic mass is 9.85. The van der Waals surface area contributed by atoms with Crippen molar-refractivity contribution in [3.05, 3.63) is 190 Å². The normalized spacial score (nSPS) is 19.2. The Kier molecular flexibility index (Phi) is 19.6. The summed E-state index contributed by atoms with van der Waals surface area (Å²) >= 11 is 14.3. The number of carbonyl (C=O) groups is 6. The molecular formula is C71H70Cl3N8O14P. The van der Waals surface area contributed by atoms with Crippen LogP contribution >= 0.6 is 44.0 Å². The van der Waals surface area contributed by atoms with Crippen LogP contribution in [0.5, 0.6) is 0 Å². The van der Waals surface area contributed by atoms with Crippen molar-refractivity contribution in [2.75, 3.05) is 13.1 Å². The van der Waals surface area contributed by atoms with E-state index in [1.807, 2.05) is 107 Å². The summed E-state index contributed by atoms with van der Waals surface area (Å²) in [6.07, 6.45) is 1.93.